The lowest BCUT2D eigenvalue weighted by Gasteiger charge is -2.14. The Kier molecular flexibility index (Phi) is 3.85. The highest BCUT2D eigenvalue weighted by Crippen LogP contribution is 2.34. The van der Waals surface area contributed by atoms with Gasteiger partial charge in [0.15, 0.2) is 0 Å². The number of benzene rings is 1. The first-order chi connectivity index (χ1) is 9.49. The molecule has 0 saturated carbocycles. The minimum Gasteiger partial charge on any atom is -0.496 e. The Hall–Kier alpha value is -2.21. The van der Waals surface area contributed by atoms with Crippen molar-refractivity contribution in [3.63, 3.8) is 0 Å². The SMILES string of the molecule is COc1ccc(C(C)C)cc1-c1cc(C#N)c(C)n1C. The van der Waals surface area contributed by atoms with E-state index in [2.05, 4.69) is 32.0 Å². The number of ether oxygens (including phenoxy) is 1. The maximum Gasteiger partial charge on any atom is 0.128 e. The molecule has 0 saturated heterocycles. The fourth-order valence-corrected chi connectivity index (χ4v) is 2.36. The van der Waals surface area contributed by atoms with Crippen molar-refractivity contribution in [1.29, 1.82) is 5.26 Å². The van der Waals surface area contributed by atoms with E-state index >= 15 is 0 Å². The Labute approximate surface area is 120 Å². The second kappa shape index (κ2) is 5.42. The molecule has 1 aromatic heterocycles. The molecule has 1 heterocycles. The molecule has 0 fully saturated rings. The van der Waals surface area contributed by atoms with Crippen molar-refractivity contribution < 1.29 is 4.74 Å². The van der Waals surface area contributed by atoms with E-state index in [0.717, 1.165) is 22.7 Å². The van der Waals surface area contributed by atoms with Crippen LogP contribution in [-0.2, 0) is 7.05 Å². The van der Waals surface area contributed by atoms with E-state index in [1.165, 1.54) is 5.56 Å². The van der Waals surface area contributed by atoms with Gasteiger partial charge in [0.05, 0.1) is 18.4 Å². The number of nitriles is 1. The minimum atomic E-state index is 0.455. The average molecular weight is 268 g/mol. The van der Waals surface area contributed by atoms with Crippen molar-refractivity contribution in [2.45, 2.75) is 26.7 Å². The van der Waals surface area contributed by atoms with Crippen LogP contribution in [0.5, 0.6) is 5.75 Å². The number of hydrogen-bond acceptors (Lipinski definition) is 2. The summed E-state index contributed by atoms with van der Waals surface area (Å²) in [5.41, 5.74) is 4.99. The Balaban J connectivity index is 2.68. The Morgan fingerprint density at radius 3 is 2.45 bits per heavy atom. The van der Waals surface area contributed by atoms with Gasteiger partial charge in [0.1, 0.15) is 11.8 Å². The van der Waals surface area contributed by atoms with Crippen LogP contribution in [0.25, 0.3) is 11.3 Å². The summed E-state index contributed by atoms with van der Waals surface area (Å²) >= 11 is 0. The molecule has 0 spiro atoms. The smallest absolute Gasteiger partial charge is 0.128 e. The van der Waals surface area contributed by atoms with Gasteiger partial charge in [-0.15, -0.1) is 0 Å². The molecule has 0 unspecified atom stereocenters. The first-order valence-electron chi connectivity index (χ1n) is 6.74. The molecular formula is C17H20N2O. The molecule has 0 atom stereocenters. The van der Waals surface area contributed by atoms with Crippen LogP contribution >= 0.6 is 0 Å². The number of aromatic nitrogens is 1. The molecule has 1 aromatic carbocycles. The van der Waals surface area contributed by atoms with Gasteiger partial charge < -0.3 is 9.30 Å². The van der Waals surface area contributed by atoms with E-state index in [1.54, 1.807) is 7.11 Å². The minimum absolute atomic E-state index is 0.455. The van der Waals surface area contributed by atoms with E-state index in [0.29, 0.717) is 11.5 Å². The van der Waals surface area contributed by atoms with E-state index in [1.807, 2.05) is 30.7 Å². The van der Waals surface area contributed by atoms with Crippen molar-refractivity contribution in [1.82, 2.24) is 4.57 Å². The summed E-state index contributed by atoms with van der Waals surface area (Å²) in [6.45, 7) is 6.30. The molecule has 0 N–H and O–H groups in total. The average Bonchev–Trinajstić information content (AvgIpc) is 2.74. The Bertz CT molecular complexity index is 675. The van der Waals surface area contributed by atoms with Gasteiger partial charge in [-0.25, -0.2) is 0 Å². The van der Waals surface area contributed by atoms with Crippen LogP contribution in [0.15, 0.2) is 24.3 Å². The van der Waals surface area contributed by atoms with Crippen LogP contribution in [0.4, 0.5) is 0 Å². The maximum atomic E-state index is 9.18. The third-order valence-electron chi connectivity index (χ3n) is 3.82. The summed E-state index contributed by atoms with van der Waals surface area (Å²) in [4.78, 5) is 0. The third kappa shape index (κ3) is 2.30. The summed E-state index contributed by atoms with van der Waals surface area (Å²) in [5, 5.41) is 9.18. The third-order valence-corrected chi connectivity index (χ3v) is 3.82. The molecule has 104 valence electrons. The molecule has 0 aliphatic heterocycles. The van der Waals surface area contributed by atoms with Gasteiger partial charge in [-0.1, -0.05) is 19.9 Å². The summed E-state index contributed by atoms with van der Waals surface area (Å²) in [7, 11) is 3.65. The molecule has 0 bridgehead atoms. The lowest BCUT2D eigenvalue weighted by atomic mass is 9.99. The molecular weight excluding hydrogens is 248 g/mol. The zero-order valence-electron chi connectivity index (χ0n) is 12.7. The molecule has 0 aliphatic rings. The van der Waals surface area contributed by atoms with Crippen LogP contribution in [0, 0.1) is 18.3 Å². The van der Waals surface area contributed by atoms with Crippen molar-refractivity contribution >= 4 is 0 Å². The van der Waals surface area contributed by atoms with Gasteiger partial charge in [-0.3, -0.25) is 0 Å². The molecule has 3 heteroatoms. The van der Waals surface area contributed by atoms with Crippen molar-refractivity contribution in [2.24, 2.45) is 7.05 Å². The first kappa shape index (κ1) is 14.2. The summed E-state index contributed by atoms with van der Waals surface area (Å²) in [5.74, 6) is 1.29. The fraction of sp³-hybridized carbons (Fsp3) is 0.353. The van der Waals surface area contributed by atoms with Gasteiger partial charge in [0.2, 0.25) is 0 Å². The normalized spacial score (nSPS) is 10.7. The fourth-order valence-electron chi connectivity index (χ4n) is 2.36. The van der Waals surface area contributed by atoms with Crippen LogP contribution in [0.2, 0.25) is 0 Å². The van der Waals surface area contributed by atoms with Gasteiger partial charge in [0, 0.05) is 18.3 Å². The van der Waals surface area contributed by atoms with E-state index in [9.17, 15) is 5.26 Å². The number of methoxy groups -OCH3 is 1. The van der Waals surface area contributed by atoms with Gasteiger partial charge in [-0.05, 0) is 36.6 Å². The highest BCUT2D eigenvalue weighted by molar-refractivity contribution is 5.71. The van der Waals surface area contributed by atoms with E-state index < -0.39 is 0 Å². The molecule has 3 nitrogen and oxygen atoms in total. The van der Waals surface area contributed by atoms with Crippen LogP contribution in [-0.4, -0.2) is 11.7 Å². The maximum absolute atomic E-state index is 9.18. The number of nitrogens with zero attached hydrogens (tertiary/aromatic N) is 2. The molecule has 0 aliphatic carbocycles. The summed E-state index contributed by atoms with van der Waals surface area (Å²) < 4.78 is 7.52. The molecule has 2 rings (SSSR count). The van der Waals surface area contributed by atoms with Crippen LogP contribution in [0.3, 0.4) is 0 Å². The molecule has 0 radical (unpaired) electrons. The number of rotatable bonds is 3. The molecule has 20 heavy (non-hydrogen) atoms. The highest BCUT2D eigenvalue weighted by atomic mass is 16.5. The Morgan fingerprint density at radius 1 is 1.25 bits per heavy atom. The molecule has 2 aromatic rings. The van der Waals surface area contributed by atoms with Crippen LogP contribution < -0.4 is 4.74 Å². The zero-order chi connectivity index (χ0) is 14.9. The second-order valence-corrected chi connectivity index (χ2v) is 5.31. The second-order valence-electron chi connectivity index (χ2n) is 5.31. The largest absolute Gasteiger partial charge is 0.496 e. The Morgan fingerprint density at radius 2 is 1.95 bits per heavy atom. The standard InChI is InChI=1S/C17H20N2O/c1-11(2)13-6-7-17(20-5)15(8-13)16-9-14(10-18)12(3)19(16)4/h6-9,11H,1-5H3. The van der Waals surface area contributed by atoms with E-state index in [4.69, 9.17) is 4.74 Å². The summed E-state index contributed by atoms with van der Waals surface area (Å²) in [6.07, 6.45) is 0. The lowest BCUT2D eigenvalue weighted by molar-refractivity contribution is 0.416. The highest BCUT2D eigenvalue weighted by Gasteiger charge is 2.15. The topological polar surface area (TPSA) is 37.9 Å². The monoisotopic (exact) mass is 268 g/mol. The lowest BCUT2D eigenvalue weighted by Crippen LogP contribution is -1.98. The van der Waals surface area contributed by atoms with Crippen molar-refractivity contribution in [2.75, 3.05) is 7.11 Å². The predicted octanol–water partition coefficient (Wildman–Crippen LogP) is 4.00. The van der Waals surface area contributed by atoms with E-state index in [-0.39, 0.29) is 0 Å². The number of hydrogen-bond donors (Lipinski definition) is 0. The van der Waals surface area contributed by atoms with Crippen LogP contribution in [0.1, 0.15) is 36.6 Å². The van der Waals surface area contributed by atoms with Gasteiger partial charge >= 0.3 is 0 Å². The zero-order valence-corrected chi connectivity index (χ0v) is 12.7. The first-order valence-corrected chi connectivity index (χ1v) is 6.74. The van der Waals surface area contributed by atoms with Crippen molar-refractivity contribution in [3.8, 4) is 23.1 Å². The predicted molar refractivity (Wildman–Crippen MR) is 80.9 cm³/mol. The van der Waals surface area contributed by atoms with Crippen molar-refractivity contribution in [3.05, 3.63) is 41.1 Å². The molecule has 0 amide bonds. The summed E-state index contributed by atoms with van der Waals surface area (Å²) in [6, 6.07) is 10.4. The van der Waals surface area contributed by atoms with Gasteiger partial charge in [0.25, 0.3) is 0 Å². The van der Waals surface area contributed by atoms with Gasteiger partial charge in [-0.2, -0.15) is 5.26 Å². The quantitative estimate of drug-likeness (QED) is 0.843.